The van der Waals surface area contributed by atoms with Crippen molar-refractivity contribution >= 4 is 15.9 Å². The van der Waals surface area contributed by atoms with Crippen LogP contribution in [0, 0.1) is 6.92 Å². The van der Waals surface area contributed by atoms with Crippen molar-refractivity contribution in [2.24, 2.45) is 0 Å². The number of benzene rings is 2. The second-order valence-electron chi connectivity index (χ2n) is 6.36. The highest BCUT2D eigenvalue weighted by molar-refractivity contribution is 7.88. The first-order valence-electron chi connectivity index (χ1n) is 8.66. The molecule has 0 fully saturated rings. The lowest BCUT2D eigenvalue weighted by molar-refractivity contribution is -0.121. The Morgan fingerprint density at radius 3 is 2.35 bits per heavy atom. The molecule has 0 aliphatic carbocycles. The summed E-state index contributed by atoms with van der Waals surface area (Å²) in [4.78, 5) is 12.1. The number of rotatable bonds is 9. The van der Waals surface area contributed by atoms with Crippen molar-refractivity contribution in [3.63, 3.8) is 0 Å². The van der Waals surface area contributed by atoms with Crippen LogP contribution in [-0.2, 0) is 27.8 Å². The molecule has 0 radical (unpaired) electrons. The molecule has 2 aromatic carbocycles. The van der Waals surface area contributed by atoms with Gasteiger partial charge < -0.3 is 5.32 Å². The number of carbonyl (C=O) groups excluding carboxylic acids is 1. The summed E-state index contributed by atoms with van der Waals surface area (Å²) in [6.07, 6.45) is 2.08. The van der Waals surface area contributed by atoms with Crippen molar-refractivity contribution in [2.75, 3.05) is 19.3 Å². The van der Waals surface area contributed by atoms with E-state index in [1.54, 1.807) is 0 Å². The van der Waals surface area contributed by atoms with E-state index in [4.69, 9.17) is 0 Å². The second kappa shape index (κ2) is 9.50. The highest BCUT2D eigenvalue weighted by Gasteiger charge is 2.18. The van der Waals surface area contributed by atoms with Crippen LogP contribution in [0.15, 0.2) is 54.6 Å². The molecule has 0 saturated carbocycles. The van der Waals surface area contributed by atoms with Gasteiger partial charge >= 0.3 is 0 Å². The maximum Gasteiger partial charge on any atom is 0.221 e. The second-order valence-corrected chi connectivity index (χ2v) is 8.34. The number of nitrogens with one attached hydrogen (secondary N) is 1. The molecule has 26 heavy (non-hydrogen) atoms. The van der Waals surface area contributed by atoms with Crippen LogP contribution in [0.3, 0.4) is 0 Å². The van der Waals surface area contributed by atoms with Crippen LogP contribution in [-0.4, -0.2) is 38.0 Å². The lowest BCUT2D eigenvalue weighted by Gasteiger charge is -2.20. The topological polar surface area (TPSA) is 66.5 Å². The van der Waals surface area contributed by atoms with Gasteiger partial charge in [-0.1, -0.05) is 54.6 Å². The molecule has 0 saturated heterocycles. The third-order valence-corrected chi connectivity index (χ3v) is 5.49. The highest BCUT2D eigenvalue weighted by Crippen LogP contribution is 2.13. The van der Waals surface area contributed by atoms with Gasteiger partial charge in [0, 0.05) is 26.1 Å². The van der Waals surface area contributed by atoms with E-state index < -0.39 is 10.0 Å². The molecule has 2 aromatic rings. The Morgan fingerprint density at radius 2 is 1.69 bits per heavy atom. The monoisotopic (exact) mass is 374 g/mol. The van der Waals surface area contributed by atoms with Crippen LogP contribution in [0.4, 0.5) is 0 Å². The van der Waals surface area contributed by atoms with Crippen molar-refractivity contribution in [3.8, 4) is 0 Å². The molecule has 0 heterocycles. The maximum atomic E-state index is 12.1. The lowest BCUT2D eigenvalue weighted by atomic mass is 10.1. The van der Waals surface area contributed by atoms with Crippen molar-refractivity contribution in [1.82, 2.24) is 9.62 Å². The molecule has 140 valence electrons. The van der Waals surface area contributed by atoms with Gasteiger partial charge in [-0.15, -0.1) is 0 Å². The van der Waals surface area contributed by atoms with Gasteiger partial charge in [0.2, 0.25) is 15.9 Å². The van der Waals surface area contributed by atoms with E-state index in [0.29, 0.717) is 6.54 Å². The molecule has 5 nitrogen and oxygen atoms in total. The van der Waals surface area contributed by atoms with Crippen LogP contribution in [0.2, 0.25) is 0 Å². The van der Waals surface area contributed by atoms with E-state index in [0.717, 1.165) is 23.1 Å². The first-order chi connectivity index (χ1) is 12.4. The van der Waals surface area contributed by atoms with Gasteiger partial charge in [-0.25, -0.2) is 8.42 Å². The molecule has 0 unspecified atom stereocenters. The van der Waals surface area contributed by atoms with Gasteiger partial charge in [0.25, 0.3) is 0 Å². The maximum absolute atomic E-state index is 12.1. The Balaban J connectivity index is 1.85. The van der Waals surface area contributed by atoms with Gasteiger partial charge in [0.05, 0.1) is 6.26 Å². The molecule has 2 rings (SSSR count). The predicted molar refractivity (Wildman–Crippen MR) is 104 cm³/mol. The fourth-order valence-electron chi connectivity index (χ4n) is 2.65. The van der Waals surface area contributed by atoms with Crippen LogP contribution in [0.25, 0.3) is 0 Å². The first-order valence-corrected chi connectivity index (χ1v) is 10.5. The number of nitrogens with zero attached hydrogens (tertiary/aromatic N) is 1. The Bertz CT molecular complexity index is 820. The number of hydrogen-bond donors (Lipinski definition) is 1. The minimum absolute atomic E-state index is 0.139. The predicted octanol–water partition coefficient (Wildman–Crippen LogP) is 2.51. The third kappa shape index (κ3) is 6.61. The molecule has 1 N–H and O–H groups in total. The van der Waals surface area contributed by atoms with E-state index in [-0.39, 0.29) is 25.4 Å². The minimum atomic E-state index is -3.39. The third-order valence-electron chi connectivity index (χ3n) is 4.24. The van der Waals surface area contributed by atoms with Crippen molar-refractivity contribution in [2.45, 2.75) is 26.3 Å². The molecule has 0 bridgehead atoms. The summed E-state index contributed by atoms with van der Waals surface area (Å²) in [5.74, 6) is -0.139. The molecule has 0 aromatic heterocycles. The number of hydrogen-bond acceptors (Lipinski definition) is 3. The summed E-state index contributed by atoms with van der Waals surface area (Å²) in [6, 6.07) is 17.6. The van der Waals surface area contributed by atoms with Crippen molar-refractivity contribution in [3.05, 3.63) is 71.3 Å². The Labute approximate surface area is 156 Å². The molecule has 0 spiro atoms. The van der Waals surface area contributed by atoms with Gasteiger partial charge in [-0.05, 0) is 30.0 Å². The summed E-state index contributed by atoms with van der Waals surface area (Å²) in [5.41, 5.74) is 3.14. The van der Waals surface area contributed by atoms with Crippen LogP contribution in [0.5, 0.6) is 0 Å². The van der Waals surface area contributed by atoms with Gasteiger partial charge in [-0.2, -0.15) is 4.31 Å². The molecule has 0 atom stereocenters. The molecule has 1 amide bonds. The highest BCUT2D eigenvalue weighted by atomic mass is 32.2. The zero-order valence-electron chi connectivity index (χ0n) is 15.3. The summed E-state index contributed by atoms with van der Waals surface area (Å²) in [6.45, 7) is 2.94. The fraction of sp³-hybridized carbons (Fsp3) is 0.350. The number of aryl methyl sites for hydroxylation is 1. The standard InChI is InChI=1S/C20H26N2O3S/c1-17-8-6-7-11-19(17)16-22(26(2,24)25)15-13-20(23)21-14-12-18-9-4-3-5-10-18/h3-11H,12-16H2,1-2H3,(H,21,23). The SMILES string of the molecule is Cc1ccccc1CN(CCC(=O)NCCc1ccccc1)S(C)(=O)=O. The Hall–Kier alpha value is -2.18. The van der Waals surface area contributed by atoms with Crippen LogP contribution in [0.1, 0.15) is 23.1 Å². The zero-order chi connectivity index (χ0) is 19.0. The van der Waals surface area contributed by atoms with E-state index in [2.05, 4.69) is 5.32 Å². The van der Waals surface area contributed by atoms with Gasteiger partial charge in [0.15, 0.2) is 0 Å². The van der Waals surface area contributed by atoms with E-state index in [1.165, 1.54) is 10.6 Å². The molecule has 6 heteroatoms. The average molecular weight is 375 g/mol. The fourth-order valence-corrected chi connectivity index (χ4v) is 3.44. The molecule has 0 aliphatic heterocycles. The summed E-state index contributed by atoms with van der Waals surface area (Å²) in [7, 11) is -3.39. The zero-order valence-corrected chi connectivity index (χ0v) is 16.1. The van der Waals surface area contributed by atoms with Crippen molar-refractivity contribution in [1.29, 1.82) is 0 Å². The van der Waals surface area contributed by atoms with E-state index in [9.17, 15) is 13.2 Å². The smallest absolute Gasteiger partial charge is 0.221 e. The summed E-state index contributed by atoms with van der Waals surface area (Å²) in [5, 5.41) is 2.85. The van der Waals surface area contributed by atoms with Crippen LogP contribution < -0.4 is 5.32 Å². The normalized spacial score (nSPS) is 11.5. The van der Waals surface area contributed by atoms with Crippen LogP contribution >= 0.6 is 0 Å². The van der Waals surface area contributed by atoms with Crippen molar-refractivity contribution < 1.29 is 13.2 Å². The minimum Gasteiger partial charge on any atom is -0.356 e. The Morgan fingerprint density at radius 1 is 1.04 bits per heavy atom. The number of carbonyl (C=O) groups is 1. The quantitative estimate of drug-likeness (QED) is 0.733. The van der Waals surface area contributed by atoms with E-state index in [1.807, 2.05) is 61.5 Å². The molecule has 0 aliphatic rings. The largest absolute Gasteiger partial charge is 0.356 e. The molecular weight excluding hydrogens is 348 g/mol. The Kier molecular flexibility index (Phi) is 7.36. The first kappa shape index (κ1) is 20.1. The number of sulfonamides is 1. The van der Waals surface area contributed by atoms with Gasteiger partial charge in [0.1, 0.15) is 0 Å². The summed E-state index contributed by atoms with van der Waals surface area (Å²) < 4.78 is 25.5. The lowest BCUT2D eigenvalue weighted by Crippen LogP contribution is -2.35. The molecular formula is C20H26N2O3S. The van der Waals surface area contributed by atoms with E-state index >= 15 is 0 Å². The summed E-state index contributed by atoms with van der Waals surface area (Å²) >= 11 is 0. The van der Waals surface area contributed by atoms with Gasteiger partial charge in [-0.3, -0.25) is 4.79 Å². The average Bonchev–Trinajstić information content (AvgIpc) is 2.60. The number of amides is 1.